The molecule has 4 aromatic rings. The summed E-state index contributed by atoms with van der Waals surface area (Å²) in [5.41, 5.74) is 5.38. The van der Waals surface area contributed by atoms with Gasteiger partial charge in [0.05, 0.1) is 34.7 Å². The molecule has 6 rings (SSSR count). The number of aliphatic imine (C=N–C) groups is 1. The lowest BCUT2D eigenvalue weighted by atomic mass is 9.86. The third-order valence-corrected chi connectivity index (χ3v) is 7.40. The summed E-state index contributed by atoms with van der Waals surface area (Å²) in [7, 11) is 0. The molecule has 0 unspecified atom stereocenters. The second kappa shape index (κ2) is 7.96. The highest BCUT2D eigenvalue weighted by atomic mass is 16.6. The predicted octanol–water partition coefficient (Wildman–Crippen LogP) is 4.45. The van der Waals surface area contributed by atoms with Crippen LogP contribution in [0, 0.1) is 13.8 Å². The predicted molar refractivity (Wildman–Crippen MR) is 138 cm³/mol. The minimum Gasteiger partial charge on any atom is -0.458 e. The van der Waals surface area contributed by atoms with Crippen molar-refractivity contribution in [1.82, 2.24) is 9.55 Å². The van der Waals surface area contributed by atoms with Gasteiger partial charge in [0.15, 0.2) is 5.60 Å². The number of benzene rings is 2. The van der Waals surface area contributed by atoms with Gasteiger partial charge in [0.2, 0.25) is 0 Å². The number of fused-ring (bicyclic) bond motifs is 5. The van der Waals surface area contributed by atoms with Gasteiger partial charge in [-0.3, -0.25) is 9.79 Å². The molecule has 1 atom stereocenters. The van der Waals surface area contributed by atoms with Gasteiger partial charge in [-0.2, -0.15) is 0 Å². The fourth-order valence-electron chi connectivity index (χ4n) is 5.35. The van der Waals surface area contributed by atoms with Crippen molar-refractivity contribution in [2.24, 2.45) is 4.99 Å². The van der Waals surface area contributed by atoms with E-state index in [1.54, 1.807) is 17.6 Å². The SMILES string of the molecule is CC[C@@]1(O)C(=O)OCc2c1cc1n(c2=O)Cc2c-1nc1ccccc1c2C=Nc1c(C)cccc1C. The Bertz CT molecular complexity index is 1660. The maximum Gasteiger partial charge on any atom is 0.343 e. The number of aromatic nitrogens is 2. The van der Waals surface area contributed by atoms with Crippen LogP contribution in [0.5, 0.6) is 0 Å². The van der Waals surface area contributed by atoms with Crippen molar-refractivity contribution >= 4 is 28.8 Å². The maximum absolute atomic E-state index is 13.6. The number of para-hydroxylation sites is 2. The van der Waals surface area contributed by atoms with Gasteiger partial charge in [0.1, 0.15) is 6.61 Å². The Morgan fingerprint density at radius 1 is 1.11 bits per heavy atom. The van der Waals surface area contributed by atoms with E-state index in [2.05, 4.69) is 0 Å². The van der Waals surface area contributed by atoms with Crippen molar-refractivity contribution in [2.45, 2.75) is 45.9 Å². The van der Waals surface area contributed by atoms with E-state index in [4.69, 9.17) is 14.7 Å². The quantitative estimate of drug-likeness (QED) is 0.305. The number of cyclic esters (lactones) is 1. The molecule has 0 spiro atoms. The number of nitrogens with zero attached hydrogens (tertiary/aromatic N) is 3. The first kappa shape index (κ1) is 22.4. The number of hydrogen-bond donors (Lipinski definition) is 1. The standard InChI is InChI=1S/C29H25N3O4/c1-4-29(35)22-12-24-26-20(14-32(24)27(33)21(22)15-36-28(29)34)19(18-10-5-6-11-23(18)31-26)13-30-25-16(2)8-7-9-17(25)3/h5-13,35H,4,14-15H2,1-3H3/t29-/m0/s1. The molecule has 0 amide bonds. The van der Waals surface area contributed by atoms with Crippen molar-refractivity contribution < 1.29 is 14.6 Å². The van der Waals surface area contributed by atoms with Crippen molar-refractivity contribution in [2.75, 3.05) is 0 Å². The summed E-state index contributed by atoms with van der Waals surface area (Å²) in [6.07, 6.45) is 1.97. The van der Waals surface area contributed by atoms with E-state index in [-0.39, 0.29) is 18.6 Å². The second-order valence-corrected chi connectivity index (χ2v) is 9.47. The summed E-state index contributed by atoms with van der Waals surface area (Å²) in [6, 6.07) is 15.7. The topological polar surface area (TPSA) is 93.8 Å². The van der Waals surface area contributed by atoms with E-state index in [0.717, 1.165) is 38.8 Å². The van der Waals surface area contributed by atoms with E-state index in [1.807, 2.05) is 62.5 Å². The van der Waals surface area contributed by atoms with E-state index >= 15 is 0 Å². The zero-order valence-electron chi connectivity index (χ0n) is 20.3. The molecule has 0 aliphatic carbocycles. The average Bonchev–Trinajstić information content (AvgIpc) is 3.24. The van der Waals surface area contributed by atoms with Crippen LogP contribution >= 0.6 is 0 Å². The minimum absolute atomic E-state index is 0.105. The maximum atomic E-state index is 13.6. The van der Waals surface area contributed by atoms with E-state index in [1.165, 1.54) is 0 Å². The van der Waals surface area contributed by atoms with Gasteiger partial charge in [-0.05, 0) is 43.5 Å². The molecular formula is C29H25N3O4. The van der Waals surface area contributed by atoms with Crippen molar-refractivity contribution in [3.63, 3.8) is 0 Å². The van der Waals surface area contributed by atoms with Gasteiger partial charge in [-0.15, -0.1) is 0 Å². The van der Waals surface area contributed by atoms with E-state index in [0.29, 0.717) is 29.1 Å². The van der Waals surface area contributed by atoms with Gasteiger partial charge in [0.25, 0.3) is 5.56 Å². The Morgan fingerprint density at radius 3 is 2.61 bits per heavy atom. The van der Waals surface area contributed by atoms with Crippen LogP contribution in [-0.4, -0.2) is 26.8 Å². The molecule has 2 aliphatic heterocycles. The first-order valence-corrected chi connectivity index (χ1v) is 12.0. The molecule has 180 valence electrons. The highest BCUT2D eigenvalue weighted by Crippen LogP contribution is 2.40. The first-order valence-electron chi connectivity index (χ1n) is 12.0. The number of esters is 1. The molecule has 7 heteroatoms. The number of carbonyl (C=O) groups excluding carboxylic acids is 1. The highest BCUT2D eigenvalue weighted by Gasteiger charge is 2.45. The molecule has 0 saturated carbocycles. The summed E-state index contributed by atoms with van der Waals surface area (Å²) < 4.78 is 6.84. The lowest BCUT2D eigenvalue weighted by Crippen LogP contribution is -2.44. The third-order valence-electron chi connectivity index (χ3n) is 7.40. The Morgan fingerprint density at radius 2 is 1.86 bits per heavy atom. The molecule has 0 radical (unpaired) electrons. The summed E-state index contributed by atoms with van der Waals surface area (Å²) >= 11 is 0. The summed E-state index contributed by atoms with van der Waals surface area (Å²) in [5, 5.41) is 12.1. The van der Waals surface area contributed by atoms with E-state index in [9.17, 15) is 14.7 Å². The fraction of sp³-hybridized carbons (Fsp3) is 0.241. The number of pyridine rings is 2. The normalized spacial score (nSPS) is 18.3. The highest BCUT2D eigenvalue weighted by molar-refractivity contribution is 6.03. The van der Waals surface area contributed by atoms with E-state index < -0.39 is 11.6 Å². The lowest BCUT2D eigenvalue weighted by molar-refractivity contribution is -0.172. The monoisotopic (exact) mass is 479 g/mol. The van der Waals surface area contributed by atoms with Gasteiger partial charge in [-0.25, -0.2) is 9.78 Å². The Balaban J connectivity index is 1.61. The summed E-state index contributed by atoms with van der Waals surface area (Å²) in [6.45, 7) is 5.94. The van der Waals surface area contributed by atoms with Crippen molar-refractivity contribution in [3.05, 3.63) is 92.3 Å². The fourth-order valence-corrected chi connectivity index (χ4v) is 5.35. The van der Waals surface area contributed by atoms with Crippen LogP contribution in [0.3, 0.4) is 0 Å². The molecule has 0 saturated heterocycles. The number of carbonyl (C=O) groups is 1. The van der Waals surface area contributed by atoms with Gasteiger partial charge in [-0.1, -0.05) is 43.3 Å². The molecule has 7 nitrogen and oxygen atoms in total. The van der Waals surface area contributed by atoms with Crippen molar-refractivity contribution in [3.8, 4) is 11.4 Å². The van der Waals surface area contributed by atoms with Gasteiger partial charge >= 0.3 is 5.97 Å². The zero-order chi connectivity index (χ0) is 25.2. The number of ether oxygens (including phenoxy) is 1. The van der Waals surface area contributed by atoms with Gasteiger partial charge < -0.3 is 14.4 Å². The van der Waals surface area contributed by atoms with Crippen LogP contribution in [0.1, 0.15) is 46.7 Å². The molecular weight excluding hydrogens is 454 g/mol. The smallest absolute Gasteiger partial charge is 0.343 e. The van der Waals surface area contributed by atoms with Crippen LogP contribution in [0.25, 0.3) is 22.3 Å². The first-order chi connectivity index (χ1) is 17.3. The molecule has 4 heterocycles. The number of aryl methyl sites for hydroxylation is 2. The Kier molecular flexibility index (Phi) is 4.95. The number of aliphatic hydroxyl groups is 1. The van der Waals surface area contributed by atoms with Crippen LogP contribution < -0.4 is 5.56 Å². The molecule has 1 N–H and O–H groups in total. The molecule has 2 aromatic heterocycles. The number of rotatable bonds is 3. The Hall–Kier alpha value is -4.10. The lowest BCUT2D eigenvalue weighted by Gasteiger charge is -2.31. The van der Waals surface area contributed by atoms with Crippen LogP contribution in [0.15, 0.2) is 58.3 Å². The van der Waals surface area contributed by atoms with Crippen LogP contribution in [0.2, 0.25) is 0 Å². The van der Waals surface area contributed by atoms with Crippen LogP contribution in [0.4, 0.5) is 5.69 Å². The molecule has 2 aliphatic rings. The third kappa shape index (κ3) is 3.09. The molecule has 0 fully saturated rings. The minimum atomic E-state index is -1.85. The number of hydrogen-bond acceptors (Lipinski definition) is 6. The second-order valence-electron chi connectivity index (χ2n) is 9.47. The zero-order valence-corrected chi connectivity index (χ0v) is 20.3. The summed E-state index contributed by atoms with van der Waals surface area (Å²) in [4.78, 5) is 35.8. The molecule has 36 heavy (non-hydrogen) atoms. The Labute approximate surface area is 207 Å². The van der Waals surface area contributed by atoms with Crippen LogP contribution in [-0.2, 0) is 28.3 Å². The van der Waals surface area contributed by atoms with Crippen molar-refractivity contribution in [1.29, 1.82) is 0 Å². The molecule has 0 bridgehead atoms. The molecule has 2 aromatic carbocycles. The average molecular weight is 480 g/mol. The summed E-state index contributed by atoms with van der Waals surface area (Å²) in [5.74, 6) is -0.729. The van der Waals surface area contributed by atoms with Gasteiger partial charge in [0, 0.05) is 28.3 Å². The largest absolute Gasteiger partial charge is 0.458 e.